The number of carbonyl (C=O) groups excluding carboxylic acids is 4. The molecule has 2 aromatic rings. The Morgan fingerprint density at radius 3 is 2.41 bits per heavy atom. The largest absolute Gasteiger partial charge is 0.508 e. The molecule has 37 heavy (non-hydrogen) atoms. The lowest BCUT2D eigenvalue weighted by Crippen LogP contribution is -2.49. The van der Waals surface area contributed by atoms with E-state index in [9.17, 15) is 37.5 Å². The number of methoxy groups -OCH3 is 1. The van der Waals surface area contributed by atoms with E-state index in [1.54, 1.807) is 20.8 Å². The monoisotopic (exact) mass is 546 g/mol. The summed E-state index contributed by atoms with van der Waals surface area (Å²) >= 11 is 0.241. The summed E-state index contributed by atoms with van der Waals surface area (Å²) in [6.07, 6.45) is -6.27. The second-order valence-corrected chi connectivity index (χ2v) is 9.52. The van der Waals surface area contributed by atoms with Crippen LogP contribution < -0.4 is 16.0 Å². The number of alkyl carbamates (subject to hydrolysis) is 1. The Kier molecular flexibility index (Phi) is 9.44. The number of carbonyl (C=O) groups is 4. The third-order valence-corrected chi connectivity index (χ3v) is 5.23. The van der Waals surface area contributed by atoms with Crippen molar-refractivity contribution in [2.75, 3.05) is 19.0 Å². The van der Waals surface area contributed by atoms with E-state index in [0.29, 0.717) is 5.56 Å². The molecule has 0 spiro atoms. The smallest absolute Gasteiger partial charge is 0.435 e. The van der Waals surface area contributed by atoms with Crippen molar-refractivity contribution in [2.45, 2.75) is 45.0 Å². The van der Waals surface area contributed by atoms with Gasteiger partial charge in [-0.25, -0.2) is 14.6 Å². The number of amides is 3. The first-order valence-corrected chi connectivity index (χ1v) is 11.4. The molecule has 1 aromatic heterocycles. The number of rotatable bonds is 8. The number of anilines is 1. The van der Waals surface area contributed by atoms with Crippen LogP contribution >= 0.6 is 11.3 Å². The van der Waals surface area contributed by atoms with Gasteiger partial charge in [0.15, 0.2) is 10.8 Å². The predicted octanol–water partition coefficient (Wildman–Crippen LogP) is 2.84. The number of benzene rings is 1. The number of halogens is 3. The molecule has 1 heterocycles. The van der Waals surface area contributed by atoms with E-state index in [2.05, 4.69) is 25.7 Å². The number of esters is 1. The van der Waals surface area contributed by atoms with Crippen molar-refractivity contribution in [3.63, 3.8) is 0 Å². The summed E-state index contributed by atoms with van der Waals surface area (Å²) in [5.41, 5.74) is -2.05. The molecule has 4 N–H and O–H groups in total. The molecule has 3 amide bonds. The average Bonchev–Trinajstić information content (AvgIpc) is 3.19. The molecule has 202 valence electrons. The first-order valence-electron chi connectivity index (χ1n) is 10.6. The third-order valence-electron chi connectivity index (χ3n) is 4.26. The van der Waals surface area contributed by atoms with Crippen molar-refractivity contribution in [2.24, 2.45) is 0 Å². The number of thiazole rings is 1. The lowest BCUT2D eigenvalue weighted by atomic mass is 10.1. The Balaban J connectivity index is 2.19. The Hall–Kier alpha value is -3.88. The van der Waals surface area contributed by atoms with Gasteiger partial charge in [-0.1, -0.05) is 23.5 Å². The Morgan fingerprint density at radius 1 is 1.16 bits per heavy atom. The second kappa shape index (κ2) is 11.9. The van der Waals surface area contributed by atoms with Gasteiger partial charge in [-0.3, -0.25) is 9.59 Å². The standard InChI is InChI=1S/C22H25F3N4O7S/c1-21(2,3)36-20(34)26-10-13(18(33)35-4)27-17(32)15-16(22(23,24)25)29-19(37-15)28-14(31)9-11-6-5-7-12(30)8-11/h5-8,13,30H,9-10H2,1-4H3,(H,26,34)(H,27,32)(H,28,29,31). The summed E-state index contributed by atoms with van der Waals surface area (Å²) in [6, 6.07) is 4.14. The van der Waals surface area contributed by atoms with Gasteiger partial charge in [-0.15, -0.1) is 0 Å². The normalized spacial score (nSPS) is 12.3. The van der Waals surface area contributed by atoms with E-state index >= 15 is 0 Å². The molecule has 0 fully saturated rings. The van der Waals surface area contributed by atoms with Crippen LogP contribution in [0.4, 0.5) is 23.1 Å². The maximum absolute atomic E-state index is 13.6. The Bertz CT molecular complexity index is 1160. The minimum absolute atomic E-state index is 0.0980. The molecule has 15 heteroatoms. The maximum Gasteiger partial charge on any atom is 0.435 e. The fourth-order valence-corrected chi connectivity index (χ4v) is 3.70. The molecule has 0 saturated heterocycles. The predicted molar refractivity (Wildman–Crippen MR) is 125 cm³/mol. The third kappa shape index (κ3) is 9.25. The average molecular weight is 547 g/mol. The summed E-state index contributed by atoms with van der Waals surface area (Å²) in [7, 11) is 0.989. The number of alkyl halides is 3. The quantitative estimate of drug-likeness (QED) is 0.369. The molecule has 1 atom stereocenters. The molecule has 0 aliphatic heterocycles. The van der Waals surface area contributed by atoms with Crippen LogP contribution in [0, 0.1) is 0 Å². The van der Waals surface area contributed by atoms with E-state index in [1.165, 1.54) is 24.3 Å². The number of phenols is 1. The number of nitrogens with zero attached hydrogens (tertiary/aromatic N) is 1. The van der Waals surface area contributed by atoms with E-state index in [1.807, 2.05) is 0 Å². The van der Waals surface area contributed by atoms with E-state index in [-0.39, 0.29) is 23.5 Å². The van der Waals surface area contributed by atoms with Crippen LogP contribution in [0.2, 0.25) is 0 Å². The van der Waals surface area contributed by atoms with Crippen molar-refractivity contribution >= 4 is 40.3 Å². The molecule has 0 bridgehead atoms. The summed E-state index contributed by atoms with van der Waals surface area (Å²) in [5.74, 6) is -3.21. The first kappa shape index (κ1) is 29.4. The molecule has 11 nitrogen and oxygen atoms in total. The zero-order valence-corrected chi connectivity index (χ0v) is 21.0. The summed E-state index contributed by atoms with van der Waals surface area (Å²) in [4.78, 5) is 51.3. The van der Waals surface area contributed by atoms with Gasteiger partial charge >= 0.3 is 18.2 Å². The van der Waals surface area contributed by atoms with Gasteiger partial charge < -0.3 is 30.5 Å². The summed E-state index contributed by atoms with van der Waals surface area (Å²) in [5, 5.41) is 15.5. The van der Waals surface area contributed by atoms with Gasteiger partial charge in [0.25, 0.3) is 5.91 Å². The minimum Gasteiger partial charge on any atom is -0.508 e. The summed E-state index contributed by atoms with van der Waals surface area (Å²) in [6.45, 7) is 4.24. The second-order valence-electron chi connectivity index (χ2n) is 8.52. The number of ether oxygens (including phenoxy) is 2. The highest BCUT2D eigenvalue weighted by Crippen LogP contribution is 2.36. The van der Waals surface area contributed by atoms with E-state index in [4.69, 9.17) is 4.74 Å². The highest BCUT2D eigenvalue weighted by Gasteiger charge is 2.40. The van der Waals surface area contributed by atoms with Crippen LogP contribution in [-0.2, 0) is 31.7 Å². The lowest BCUT2D eigenvalue weighted by Gasteiger charge is -2.21. The molecular formula is C22H25F3N4O7S. The van der Waals surface area contributed by atoms with Crippen molar-refractivity contribution in [1.29, 1.82) is 0 Å². The number of phenolic OH excluding ortho intramolecular Hbond substituents is 1. The van der Waals surface area contributed by atoms with Gasteiger partial charge in [0, 0.05) is 0 Å². The van der Waals surface area contributed by atoms with Crippen LogP contribution in [0.5, 0.6) is 5.75 Å². The van der Waals surface area contributed by atoms with Crippen molar-refractivity contribution in [3.05, 3.63) is 40.4 Å². The molecule has 0 radical (unpaired) electrons. The number of nitrogens with one attached hydrogen (secondary N) is 3. The van der Waals surface area contributed by atoms with E-state index < -0.39 is 63.9 Å². The fraction of sp³-hybridized carbons (Fsp3) is 0.409. The Labute approximate surface area is 213 Å². The topological polar surface area (TPSA) is 156 Å². The fourth-order valence-electron chi connectivity index (χ4n) is 2.79. The van der Waals surface area contributed by atoms with Gasteiger partial charge in [-0.05, 0) is 38.5 Å². The summed E-state index contributed by atoms with van der Waals surface area (Å²) < 4.78 is 50.3. The SMILES string of the molecule is COC(=O)C(CNC(=O)OC(C)(C)C)NC(=O)c1sc(NC(=O)Cc2cccc(O)c2)nc1C(F)(F)F. The number of aromatic nitrogens is 1. The maximum atomic E-state index is 13.6. The van der Waals surface area contributed by atoms with Crippen molar-refractivity contribution in [1.82, 2.24) is 15.6 Å². The van der Waals surface area contributed by atoms with Gasteiger partial charge in [0.1, 0.15) is 22.3 Å². The zero-order valence-electron chi connectivity index (χ0n) is 20.2. The van der Waals surface area contributed by atoms with Gasteiger partial charge in [0.2, 0.25) is 5.91 Å². The highest BCUT2D eigenvalue weighted by atomic mass is 32.1. The van der Waals surface area contributed by atoms with Gasteiger partial charge in [0.05, 0.1) is 20.1 Å². The van der Waals surface area contributed by atoms with Gasteiger partial charge in [-0.2, -0.15) is 13.2 Å². The number of hydrogen-bond acceptors (Lipinski definition) is 9. The molecule has 0 saturated carbocycles. The number of hydrogen-bond donors (Lipinski definition) is 4. The van der Waals surface area contributed by atoms with Crippen molar-refractivity contribution in [3.8, 4) is 5.75 Å². The minimum atomic E-state index is -5.06. The molecule has 0 aliphatic carbocycles. The molecule has 0 aliphatic rings. The lowest BCUT2D eigenvalue weighted by molar-refractivity contribution is -0.142. The van der Waals surface area contributed by atoms with E-state index in [0.717, 1.165) is 7.11 Å². The van der Waals surface area contributed by atoms with Crippen LogP contribution in [0.25, 0.3) is 0 Å². The van der Waals surface area contributed by atoms with Crippen LogP contribution in [0.1, 0.15) is 41.7 Å². The Morgan fingerprint density at radius 2 is 1.84 bits per heavy atom. The van der Waals surface area contributed by atoms with Crippen LogP contribution in [0.15, 0.2) is 24.3 Å². The van der Waals surface area contributed by atoms with Crippen LogP contribution in [-0.4, -0.2) is 59.3 Å². The zero-order chi connectivity index (χ0) is 28.0. The molecule has 2 rings (SSSR count). The molecule has 1 aromatic carbocycles. The molecule has 1 unspecified atom stereocenters. The van der Waals surface area contributed by atoms with Crippen LogP contribution in [0.3, 0.4) is 0 Å². The first-order chi connectivity index (χ1) is 17.1. The van der Waals surface area contributed by atoms with Crippen molar-refractivity contribution < 1.29 is 46.9 Å². The molecular weight excluding hydrogens is 521 g/mol. The number of aromatic hydroxyl groups is 1. The highest BCUT2D eigenvalue weighted by molar-refractivity contribution is 7.17.